The Balaban J connectivity index is 2.07. The molecule has 2 aromatic heterocycles. The molecule has 21 heavy (non-hydrogen) atoms. The number of rotatable bonds is 4. The first-order valence-electron chi connectivity index (χ1n) is 7.08. The first-order valence-corrected chi connectivity index (χ1v) is 7.86. The zero-order valence-corrected chi connectivity index (χ0v) is 13.2. The predicted octanol–water partition coefficient (Wildman–Crippen LogP) is 3.40. The van der Waals surface area contributed by atoms with E-state index in [1.54, 1.807) is 0 Å². The van der Waals surface area contributed by atoms with Crippen molar-refractivity contribution in [3.05, 3.63) is 52.2 Å². The average Bonchev–Trinajstić information content (AvgIpc) is 2.90. The van der Waals surface area contributed by atoms with Crippen LogP contribution in [0, 0.1) is 13.8 Å². The molecule has 0 amide bonds. The molecule has 0 radical (unpaired) electrons. The van der Waals surface area contributed by atoms with E-state index < -0.39 is 0 Å². The molecule has 0 aliphatic rings. The molecule has 1 N–H and O–H groups in total. The van der Waals surface area contributed by atoms with Crippen molar-refractivity contribution >= 4 is 22.4 Å². The fourth-order valence-corrected chi connectivity index (χ4v) is 3.24. The molecular weight excluding hydrogens is 280 g/mol. The number of hydrogen-bond donors (Lipinski definition) is 1. The molecule has 3 rings (SSSR count). The summed E-state index contributed by atoms with van der Waals surface area (Å²) in [5.74, 6) is 0. The third-order valence-electron chi connectivity index (χ3n) is 3.54. The van der Waals surface area contributed by atoms with Gasteiger partial charge in [-0.3, -0.25) is 4.98 Å². The summed E-state index contributed by atoms with van der Waals surface area (Å²) in [7, 11) is 0. The molecule has 4 nitrogen and oxygen atoms in total. The van der Waals surface area contributed by atoms with Gasteiger partial charge in [-0.05, 0) is 55.7 Å². The Morgan fingerprint density at radius 3 is 2.76 bits per heavy atom. The van der Waals surface area contributed by atoms with Gasteiger partial charge in [-0.15, -0.1) is 5.10 Å². The van der Waals surface area contributed by atoms with Crippen molar-refractivity contribution in [3.8, 4) is 0 Å². The van der Waals surface area contributed by atoms with Crippen LogP contribution in [0.25, 0.3) is 10.9 Å². The number of nitrogens with one attached hydrogen (secondary N) is 1. The van der Waals surface area contributed by atoms with Gasteiger partial charge in [0.2, 0.25) is 0 Å². The summed E-state index contributed by atoms with van der Waals surface area (Å²) < 4.78 is 4.06. The summed E-state index contributed by atoms with van der Waals surface area (Å²) in [4.78, 5) is 5.74. The number of benzene rings is 1. The molecule has 1 atom stereocenters. The van der Waals surface area contributed by atoms with Crippen molar-refractivity contribution in [2.24, 2.45) is 0 Å². The fourth-order valence-electron chi connectivity index (χ4n) is 2.49. The second-order valence-corrected chi connectivity index (χ2v) is 5.90. The minimum Gasteiger partial charge on any atom is -0.306 e. The fraction of sp³-hybridized carbons (Fsp3) is 0.312. The van der Waals surface area contributed by atoms with Crippen LogP contribution >= 0.6 is 11.5 Å². The minimum absolute atomic E-state index is 0.140. The highest BCUT2D eigenvalue weighted by molar-refractivity contribution is 7.05. The standard InChI is InChI=1S/C16H18N4S/c1-4-17-15(16-11(3)19-20-21-16)13-7-8-14-12(9-13)6-5-10(2)18-14/h5-9,15,17H,4H2,1-3H3. The Morgan fingerprint density at radius 1 is 1.19 bits per heavy atom. The van der Waals surface area contributed by atoms with Crippen molar-refractivity contribution < 1.29 is 0 Å². The number of aryl methyl sites for hydroxylation is 2. The highest BCUT2D eigenvalue weighted by atomic mass is 32.1. The zero-order chi connectivity index (χ0) is 14.8. The quantitative estimate of drug-likeness (QED) is 0.802. The normalized spacial score (nSPS) is 12.7. The van der Waals surface area contributed by atoms with Gasteiger partial charge >= 0.3 is 0 Å². The van der Waals surface area contributed by atoms with E-state index in [4.69, 9.17) is 0 Å². The summed E-state index contributed by atoms with van der Waals surface area (Å²) >= 11 is 1.46. The van der Waals surface area contributed by atoms with Crippen LogP contribution in [0.3, 0.4) is 0 Å². The topological polar surface area (TPSA) is 50.7 Å². The van der Waals surface area contributed by atoms with Crippen molar-refractivity contribution in [1.29, 1.82) is 0 Å². The lowest BCUT2D eigenvalue weighted by Gasteiger charge is -2.17. The van der Waals surface area contributed by atoms with Gasteiger partial charge in [-0.1, -0.05) is 23.5 Å². The number of aromatic nitrogens is 3. The van der Waals surface area contributed by atoms with Crippen LogP contribution < -0.4 is 5.32 Å². The predicted molar refractivity (Wildman–Crippen MR) is 86.6 cm³/mol. The maximum atomic E-state index is 4.56. The van der Waals surface area contributed by atoms with E-state index in [-0.39, 0.29) is 6.04 Å². The average molecular weight is 298 g/mol. The molecule has 0 fully saturated rings. The molecule has 1 aromatic carbocycles. The van der Waals surface area contributed by atoms with Gasteiger partial charge in [0.25, 0.3) is 0 Å². The zero-order valence-electron chi connectivity index (χ0n) is 12.4. The first kappa shape index (κ1) is 14.1. The van der Waals surface area contributed by atoms with Crippen LogP contribution in [0.5, 0.6) is 0 Å². The Morgan fingerprint density at radius 2 is 2.05 bits per heavy atom. The maximum absolute atomic E-state index is 4.56. The third-order valence-corrected chi connectivity index (χ3v) is 4.43. The molecule has 0 saturated carbocycles. The summed E-state index contributed by atoms with van der Waals surface area (Å²) in [5, 5.41) is 8.83. The van der Waals surface area contributed by atoms with Crippen molar-refractivity contribution in [2.45, 2.75) is 26.8 Å². The molecule has 1 unspecified atom stereocenters. The lowest BCUT2D eigenvalue weighted by Crippen LogP contribution is -2.21. The largest absolute Gasteiger partial charge is 0.306 e. The Labute approximate surface area is 128 Å². The molecular formula is C16H18N4S. The number of nitrogens with zero attached hydrogens (tertiary/aromatic N) is 3. The van der Waals surface area contributed by atoms with Crippen LogP contribution in [-0.2, 0) is 0 Å². The van der Waals surface area contributed by atoms with E-state index in [9.17, 15) is 0 Å². The Kier molecular flexibility index (Phi) is 3.94. The highest BCUT2D eigenvalue weighted by Crippen LogP contribution is 2.28. The highest BCUT2D eigenvalue weighted by Gasteiger charge is 2.18. The smallest absolute Gasteiger partial charge is 0.0776 e. The van der Waals surface area contributed by atoms with Gasteiger partial charge in [-0.25, -0.2) is 0 Å². The molecule has 0 aliphatic heterocycles. The van der Waals surface area contributed by atoms with Gasteiger partial charge in [0.05, 0.1) is 22.1 Å². The summed E-state index contributed by atoms with van der Waals surface area (Å²) in [6.45, 7) is 7.03. The SMILES string of the molecule is CCNC(c1ccc2nc(C)ccc2c1)c1snnc1C. The third kappa shape index (κ3) is 2.80. The van der Waals surface area contributed by atoms with Gasteiger partial charge in [-0.2, -0.15) is 0 Å². The van der Waals surface area contributed by atoms with E-state index in [1.165, 1.54) is 22.0 Å². The molecule has 3 aromatic rings. The first-order chi connectivity index (χ1) is 10.2. The van der Waals surface area contributed by atoms with Gasteiger partial charge in [0.1, 0.15) is 0 Å². The van der Waals surface area contributed by atoms with Crippen LogP contribution in [0.2, 0.25) is 0 Å². The van der Waals surface area contributed by atoms with E-state index in [0.717, 1.165) is 28.8 Å². The lowest BCUT2D eigenvalue weighted by atomic mass is 10.0. The Bertz CT molecular complexity index is 766. The van der Waals surface area contributed by atoms with Crippen LogP contribution in [0.4, 0.5) is 0 Å². The van der Waals surface area contributed by atoms with Crippen LogP contribution in [-0.4, -0.2) is 21.1 Å². The summed E-state index contributed by atoms with van der Waals surface area (Å²) in [6, 6.07) is 10.7. The van der Waals surface area contributed by atoms with Gasteiger partial charge in [0, 0.05) is 11.1 Å². The summed E-state index contributed by atoms with van der Waals surface area (Å²) in [6.07, 6.45) is 0. The lowest BCUT2D eigenvalue weighted by molar-refractivity contribution is 0.636. The van der Waals surface area contributed by atoms with E-state index in [2.05, 4.69) is 51.1 Å². The van der Waals surface area contributed by atoms with E-state index >= 15 is 0 Å². The van der Waals surface area contributed by atoms with Crippen molar-refractivity contribution in [3.63, 3.8) is 0 Å². The number of hydrogen-bond acceptors (Lipinski definition) is 5. The van der Waals surface area contributed by atoms with E-state index in [0.29, 0.717) is 0 Å². The monoisotopic (exact) mass is 298 g/mol. The van der Waals surface area contributed by atoms with Gasteiger partial charge < -0.3 is 5.32 Å². The molecule has 0 bridgehead atoms. The van der Waals surface area contributed by atoms with Crippen molar-refractivity contribution in [1.82, 2.24) is 19.9 Å². The number of pyridine rings is 1. The van der Waals surface area contributed by atoms with Gasteiger partial charge in [0.15, 0.2) is 0 Å². The molecule has 0 saturated heterocycles. The molecule has 0 spiro atoms. The molecule has 2 heterocycles. The minimum atomic E-state index is 0.140. The second kappa shape index (κ2) is 5.87. The van der Waals surface area contributed by atoms with Crippen molar-refractivity contribution in [2.75, 3.05) is 6.54 Å². The van der Waals surface area contributed by atoms with Crippen LogP contribution in [0.1, 0.15) is 34.8 Å². The Hall–Kier alpha value is -1.85. The van der Waals surface area contributed by atoms with E-state index in [1.807, 2.05) is 19.9 Å². The molecule has 108 valence electrons. The second-order valence-electron chi connectivity index (χ2n) is 5.12. The summed E-state index contributed by atoms with van der Waals surface area (Å²) in [5.41, 5.74) is 4.30. The molecule has 5 heteroatoms. The van der Waals surface area contributed by atoms with Crippen LogP contribution in [0.15, 0.2) is 30.3 Å². The number of fused-ring (bicyclic) bond motifs is 1. The maximum Gasteiger partial charge on any atom is 0.0776 e. The molecule has 0 aliphatic carbocycles.